The number of benzene rings is 1. The average molecular weight is 153 g/mol. The summed E-state index contributed by atoms with van der Waals surface area (Å²) in [7, 11) is -1.59. The van der Waals surface area contributed by atoms with Gasteiger partial charge in [0, 0.05) is 11.8 Å². The molecule has 11 heavy (non-hydrogen) atoms. The van der Waals surface area contributed by atoms with Crippen LogP contribution in [0.5, 0.6) is 5.75 Å². The van der Waals surface area contributed by atoms with Crippen LogP contribution in [-0.2, 0) is 0 Å². The minimum Gasteiger partial charge on any atom is -0.508 e. The van der Waals surface area contributed by atoms with Gasteiger partial charge in [-0.2, -0.15) is 0 Å². The molecule has 0 saturated heterocycles. The van der Waals surface area contributed by atoms with Crippen molar-refractivity contribution in [1.29, 1.82) is 0 Å². The standard InChI is InChI=1S/C6H8BNO3/c8-5-1-4(7(10)11)2-6(9)3-5/h1-3,9-11H,8H2. The van der Waals surface area contributed by atoms with Crippen LogP contribution in [0.15, 0.2) is 18.2 Å². The Hall–Kier alpha value is -1.20. The van der Waals surface area contributed by atoms with Crippen molar-refractivity contribution < 1.29 is 15.2 Å². The van der Waals surface area contributed by atoms with Crippen molar-refractivity contribution in [1.82, 2.24) is 0 Å². The molecule has 1 rings (SSSR count). The second kappa shape index (κ2) is 2.81. The molecular weight excluding hydrogens is 145 g/mol. The Bertz CT molecular complexity index is 244. The van der Waals surface area contributed by atoms with Gasteiger partial charge in [0.2, 0.25) is 0 Å². The minimum absolute atomic E-state index is 0.0758. The zero-order valence-corrected chi connectivity index (χ0v) is 5.73. The Balaban J connectivity index is 3.08. The first-order chi connectivity index (χ1) is 5.09. The summed E-state index contributed by atoms with van der Waals surface area (Å²) >= 11 is 0. The lowest BCUT2D eigenvalue weighted by atomic mass is 9.80. The molecule has 5 heteroatoms. The van der Waals surface area contributed by atoms with Crippen LogP contribution in [0, 0.1) is 0 Å². The summed E-state index contributed by atoms with van der Waals surface area (Å²) in [5, 5.41) is 26.3. The minimum atomic E-state index is -1.59. The zero-order valence-electron chi connectivity index (χ0n) is 5.73. The van der Waals surface area contributed by atoms with E-state index in [1.165, 1.54) is 18.2 Å². The lowest BCUT2D eigenvalue weighted by Gasteiger charge is -2.01. The highest BCUT2D eigenvalue weighted by atomic mass is 16.4. The van der Waals surface area contributed by atoms with E-state index in [1.54, 1.807) is 0 Å². The Morgan fingerprint density at radius 3 is 2.27 bits per heavy atom. The molecule has 4 nitrogen and oxygen atoms in total. The molecule has 0 aliphatic carbocycles. The summed E-state index contributed by atoms with van der Waals surface area (Å²) < 4.78 is 0. The Morgan fingerprint density at radius 2 is 1.82 bits per heavy atom. The number of nitrogens with two attached hydrogens (primary N) is 1. The van der Waals surface area contributed by atoms with Gasteiger partial charge in [-0.1, -0.05) is 0 Å². The summed E-state index contributed by atoms with van der Waals surface area (Å²) in [6, 6.07) is 3.94. The third-order valence-corrected chi connectivity index (χ3v) is 1.26. The van der Waals surface area contributed by atoms with Gasteiger partial charge >= 0.3 is 7.12 Å². The number of aromatic hydroxyl groups is 1. The van der Waals surface area contributed by atoms with E-state index in [-0.39, 0.29) is 11.2 Å². The molecule has 0 unspecified atom stereocenters. The lowest BCUT2D eigenvalue weighted by molar-refractivity contribution is 0.424. The van der Waals surface area contributed by atoms with Crippen LogP contribution in [0.3, 0.4) is 0 Å². The van der Waals surface area contributed by atoms with Gasteiger partial charge in [-0.25, -0.2) is 0 Å². The van der Waals surface area contributed by atoms with Crippen LogP contribution in [0.1, 0.15) is 0 Å². The molecule has 0 aromatic heterocycles. The van der Waals surface area contributed by atoms with Crippen LogP contribution in [0.25, 0.3) is 0 Å². The molecule has 0 amide bonds. The molecule has 0 atom stereocenters. The van der Waals surface area contributed by atoms with E-state index in [0.717, 1.165) is 0 Å². The molecule has 0 aliphatic rings. The van der Waals surface area contributed by atoms with E-state index >= 15 is 0 Å². The maximum Gasteiger partial charge on any atom is 0.488 e. The molecule has 58 valence electrons. The fourth-order valence-corrected chi connectivity index (χ4v) is 0.808. The van der Waals surface area contributed by atoms with Gasteiger partial charge in [-0.05, 0) is 17.6 Å². The van der Waals surface area contributed by atoms with Crippen LogP contribution in [0.2, 0.25) is 0 Å². The van der Waals surface area contributed by atoms with Gasteiger partial charge in [-0.15, -0.1) is 0 Å². The number of phenols is 1. The van der Waals surface area contributed by atoms with Gasteiger partial charge < -0.3 is 20.9 Å². The Morgan fingerprint density at radius 1 is 1.18 bits per heavy atom. The van der Waals surface area contributed by atoms with Crippen molar-refractivity contribution in [3.63, 3.8) is 0 Å². The SMILES string of the molecule is Nc1cc(O)cc(B(O)O)c1. The summed E-state index contributed by atoms with van der Waals surface area (Å²) in [5.41, 5.74) is 5.80. The lowest BCUT2D eigenvalue weighted by Crippen LogP contribution is -2.29. The molecule has 0 spiro atoms. The molecular formula is C6H8BNO3. The molecule has 0 bridgehead atoms. The molecule has 0 aliphatic heterocycles. The van der Waals surface area contributed by atoms with Crippen molar-refractivity contribution in [3.05, 3.63) is 18.2 Å². The van der Waals surface area contributed by atoms with Gasteiger partial charge in [0.25, 0.3) is 0 Å². The van der Waals surface area contributed by atoms with E-state index in [4.69, 9.17) is 20.9 Å². The average Bonchev–Trinajstić information content (AvgIpc) is 1.85. The van der Waals surface area contributed by atoms with E-state index < -0.39 is 7.12 Å². The Kier molecular flexibility index (Phi) is 2.02. The third-order valence-electron chi connectivity index (χ3n) is 1.26. The summed E-state index contributed by atoms with van der Waals surface area (Å²) in [4.78, 5) is 0. The predicted molar refractivity (Wildman–Crippen MR) is 42.3 cm³/mol. The fraction of sp³-hybridized carbons (Fsp3) is 0. The first-order valence-electron chi connectivity index (χ1n) is 3.05. The van der Waals surface area contributed by atoms with E-state index in [2.05, 4.69) is 0 Å². The van der Waals surface area contributed by atoms with Gasteiger partial charge in [-0.3, -0.25) is 0 Å². The molecule has 0 fully saturated rings. The van der Waals surface area contributed by atoms with Crippen LogP contribution >= 0.6 is 0 Å². The Labute approximate surface area is 64.0 Å². The van der Waals surface area contributed by atoms with Crippen LogP contribution in [0.4, 0.5) is 5.69 Å². The van der Waals surface area contributed by atoms with Gasteiger partial charge in [0.05, 0.1) is 0 Å². The molecule has 1 aromatic carbocycles. The van der Waals surface area contributed by atoms with Crippen molar-refractivity contribution in [3.8, 4) is 5.75 Å². The summed E-state index contributed by atoms with van der Waals surface area (Å²) in [6.45, 7) is 0. The number of anilines is 1. The normalized spacial score (nSPS) is 9.64. The van der Waals surface area contributed by atoms with Crippen molar-refractivity contribution >= 4 is 18.3 Å². The smallest absolute Gasteiger partial charge is 0.488 e. The van der Waals surface area contributed by atoms with Crippen molar-refractivity contribution in [2.24, 2.45) is 0 Å². The van der Waals surface area contributed by atoms with E-state index in [9.17, 15) is 0 Å². The second-order valence-electron chi connectivity index (χ2n) is 2.23. The molecule has 0 heterocycles. The van der Waals surface area contributed by atoms with Gasteiger partial charge in [0.15, 0.2) is 0 Å². The largest absolute Gasteiger partial charge is 0.508 e. The molecule has 0 saturated carbocycles. The van der Waals surface area contributed by atoms with Gasteiger partial charge in [0.1, 0.15) is 5.75 Å². The quantitative estimate of drug-likeness (QED) is 0.297. The maximum absolute atomic E-state index is 8.94. The third kappa shape index (κ3) is 1.86. The highest BCUT2D eigenvalue weighted by Gasteiger charge is 2.11. The maximum atomic E-state index is 8.94. The van der Waals surface area contributed by atoms with E-state index in [0.29, 0.717) is 5.69 Å². The number of rotatable bonds is 1. The number of hydrogen-bond acceptors (Lipinski definition) is 4. The molecule has 1 aromatic rings. The first-order valence-corrected chi connectivity index (χ1v) is 3.05. The van der Waals surface area contributed by atoms with Crippen molar-refractivity contribution in [2.75, 3.05) is 5.73 Å². The summed E-state index contributed by atoms with van der Waals surface area (Å²) in [6.07, 6.45) is 0. The highest BCUT2D eigenvalue weighted by molar-refractivity contribution is 6.58. The summed E-state index contributed by atoms with van der Waals surface area (Å²) in [5.74, 6) is -0.0758. The van der Waals surface area contributed by atoms with Crippen LogP contribution < -0.4 is 11.2 Å². The topological polar surface area (TPSA) is 86.7 Å². The predicted octanol–water partition coefficient (Wildman–Crippen LogP) is -1.35. The molecule has 0 radical (unpaired) electrons. The number of nitrogen functional groups attached to an aromatic ring is 1. The first kappa shape index (κ1) is 7.91. The number of phenolic OH excluding ortho intramolecular Hbond substituents is 1. The van der Waals surface area contributed by atoms with Crippen molar-refractivity contribution in [2.45, 2.75) is 0 Å². The number of hydrogen-bond donors (Lipinski definition) is 4. The monoisotopic (exact) mass is 153 g/mol. The fourth-order valence-electron chi connectivity index (χ4n) is 0.808. The highest BCUT2D eigenvalue weighted by Crippen LogP contribution is 2.10. The second-order valence-corrected chi connectivity index (χ2v) is 2.23. The van der Waals surface area contributed by atoms with Crippen LogP contribution in [-0.4, -0.2) is 22.3 Å². The zero-order chi connectivity index (χ0) is 8.43. The molecule has 5 N–H and O–H groups in total. The van der Waals surface area contributed by atoms with E-state index in [1.807, 2.05) is 0 Å².